The Hall–Kier alpha value is -0.650. The lowest BCUT2D eigenvalue weighted by Crippen LogP contribution is -2.51. The van der Waals surface area contributed by atoms with Crippen LogP contribution in [0.15, 0.2) is 0 Å². The summed E-state index contributed by atoms with van der Waals surface area (Å²) in [6.07, 6.45) is 0.327. The number of carboxylic acid groups (broad SMARTS) is 1. The molecule has 0 aromatic heterocycles. The standard InChI is InChI=1S/C10H19NO4/c1-7-5-11(4-3-8(7)12)6-10(2,15)9(13)14/h7-8,12,15H,3-6H2,1-2H3,(H,13,14). The number of aliphatic carboxylic acids is 1. The Morgan fingerprint density at radius 2 is 2.20 bits per heavy atom. The molecule has 1 rings (SSSR count). The second-order valence-corrected chi connectivity index (χ2v) is 4.65. The first kappa shape index (κ1) is 12.4. The van der Waals surface area contributed by atoms with E-state index in [1.165, 1.54) is 6.92 Å². The molecule has 3 atom stereocenters. The van der Waals surface area contributed by atoms with Crippen molar-refractivity contribution in [1.29, 1.82) is 0 Å². The maximum Gasteiger partial charge on any atom is 0.336 e. The zero-order valence-electron chi connectivity index (χ0n) is 9.18. The van der Waals surface area contributed by atoms with Gasteiger partial charge in [-0.1, -0.05) is 6.92 Å². The summed E-state index contributed by atoms with van der Waals surface area (Å²) >= 11 is 0. The smallest absolute Gasteiger partial charge is 0.336 e. The van der Waals surface area contributed by atoms with E-state index in [1.54, 1.807) is 0 Å². The van der Waals surface area contributed by atoms with E-state index in [2.05, 4.69) is 0 Å². The van der Waals surface area contributed by atoms with E-state index in [0.29, 0.717) is 19.5 Å². The molecule has 1 aliphatic heterocycles. The van der Waals surface area contributed by atoms with Crippen molar-refractivity contribution in [2.24, 2.45) is 5.92 Å². The lowest BCUT2D eigenvalue weighted by atomic mass is 9.95. The van der Waals surface area contributed by atoms with Gasteiger partial charge in [0.05, 0.1) is 6.10 Å². The minimum Gasteiger partial charge on any atom is -0.479 e. The Labute approximate surface area is 89.3 Å². The summed E-state index contributed by atoms with van der Waals surface area (Å²) in [7, 11) is 0. The van der Waals surface area contributed by atoms with Gasteiger partial charge in [-0.2, -0.15) is 0 Å². The highest BCUT2D eigenvalue weighted by atomic mass is 16.4. The van der Waals surface area contributed by atoms with Crippen LogP contribution in [0.4, 0.5) is 0 Å². The van der Waals surface area contributed by atoms with E-state index < -0.39 is 11.6 Å². The topological polar surface area (TPSA) is 81.0 Å². The van der Waals surface area contributed by atoms with Gasteiger partial charge in [-0.15, -0.1) is 0 Å². The number of nitrogens with zero attached hydrogens (tertiary/aromatic N) is 1. The van der Waals surface area contributed by atoms with Crippen molar-refractivity contribution in [2.75, 3.05) is 19.6 Å². The summed E-state index contributed by atoms with van der Waals surface area (Å²) in [5.41, 5.74) is -1.71. The van der Waals surface area contributed by atoms with Crippen LogP contribution in [0.25, 0.3) is 0 Å². The number of likely N-dealkylation sites (tertiary alicyclic amines) is 1. The number of hydrogen-bond acceptors (Lipinski definition) is 4. The Kier molecular flexibility index (Phi) is 3.70. The Balaban J connectivity index is 2.50. The fourth-order valence-corrected chi connectivity index (χ4v) is 1.87. The van der Waals surface area contributed by atoms with Crippen molar-refractivity contribution in [3.8, 4) is 0 Å². The summed E-state index contributed by atoms with van der Waals surface area (Å²) in [5.74, 6) is -1.08. The minimum absolute atomic E-state index is 0.111. The molecule has 3 unspecified atom stereocenters. The lowest BCUT2D eigenvalue weighted by Gasteiger charge is -2.36. The van der Waals surface area contributed by atoms with E-state index in [-0.39, 0.29) is 18.6 Å². The monoisotopic (exact) mass is 217 g/mol. The SMILES string of the molecule is CC1CN(CC(C)(O)C(=O)O)CCC1O. The third-order valence-corrected chi connectivity index (χ3v) is 2.94. The second kappa shape index (κ2) is 4.47. The number of aliphatic hydroxyl groups is 2. The molecule has 1 heterocycles. The summed E-state index contributed by atoms with van der Waals surface area (Å²) in [6.45, 7) is 4.59. The number of hydrogen-bond donors (Lipinski definition) is 3. The van der Waals surface area contributed by atoms with Gasteiger partial charge in [0.1, 0.15) is 0 Å². The van der Waals surface area contributed by atoms with Crippen molar-refractivity contribution in [2.45, 2.75) is 32.0 Å². The molecule has 3 N–H and O–H groups in total. The van der Waals surface area contributed by atoms with E-state index in [0.717, 1.165) is 0 Å². The van der Waals surface area contributed by atoms with Crippen LogP contribution in [0.5, 0.6) is 0 Å². The molecule has 0 radical (unpaired) electrons. The Morgan fingerprint density at radius 1 is 1.60 bits per heavy atom. The molecular formula is C10H19NO4. The van der Waals surface area contributed by atoms with Gasteiger partial charge < -0.3 is 15.3 Å². The zero-order chi connectivity index (χ0) is 11.6. The first-order valence-corrected chi connectivity index (χ1v) is 5.19. The van der Waals surface area contributed by atoms with Crippen LogP contribution in [-0.2, 0) is 4.79 Å². The number of piperidine rings is 1. The van der Waals surface area contributed by atoms with E-state index in [4.69, 9.17) is 5.11 Å². The highest BCUT2D eigenvalue weighted by molar-refractivity contribution is 5.76. The van der Waals surface area contributed by atoms with Crippen LogP contribution >= 0.6 is 0 Å². The predicted octanol–water partition coefficient (Wildman–Crippen LogP) is -0.475. The van der Waals surface area contributed by atoms with Crippen LogP contribution < -0.4 is 0 Å². The van der Waals surface area contributed by atoms with Gasteiger partial charge >= 0.3 is 5.97 Å². The van der Waals surface area contributed by atoms with Gasteiger partial charge in [-0.05, 0) is 19.3 Å². The molecule has 1 saturated heterocycles. The quantitative estimate of drug-likeness (QED) is 0.595. The van der Waals surface area contributed by atoms with E-state index in [1.807, 2.05) is 11.8 Å². The molecule has 0 aromatic carbocycles. The number of carbonyl (C=O) groups is 1. The zero-order valence-corrected chi connectivity index (χ0v) is 9.18. The molecule has 1 aliphatic rings. The molecule has 88 valence electrons. The molecule has 0 aliphatic carbocycles. The summed E-state index contributed by atoms with van der Waals surface area (Å²) in [6, 6.07) is 0. The summed E-state index contributed by atoms with van der Waals surface area (Å²) in [4.78, 5) is 12.6. The van der Waals surface area contributed by atoms with Crippen LogP contribution in [0.3, 0.4) is 0 Å². The molecule has 0 spiro atoms. The molecule has 5 heteroatoms. The van der Waals surface area contributed by atoms with Gasteiger partial charge in [0.2, 0.25) is 0 Å². The molecule has 0 bridgehead atoms. The second-order valence-electron chi connectivity index (χ2n) is 4.65. The number of carboxylic acids is 1. The normalized spacial score (nSPS) is 32.3. The predicted molar refractivity (Wildman–Crippen MR) is 54.5 cm³/mol. The maximum absolute atomic E-state index is 10.7. The number of β-amino-alcohol motifs (C(OH)–C–C–N with tert-alkyl or cyclic N) is 1. The average Bonchev–Trinajstić information content (AvgIpc) is 2.10. The van der Waals surface area contributed by atoms with Crippen LogP contribution in [0.2, 0.25) is 0 Å². The third kappa shape index (κ3) is 3.15. The summed E-state index contributed by atoms with van der Waals surface area (Å²) in [5, 5.41) is 27.9. The van der Waals surface area contributed by atoms with E-state index >= 15 is 0 Å². The van der Waals surface area contributed by atoms with Crippen LogP contribution in [0.1, 0.15) is 20.3 Å². The molecule has 0 aromatic rings. The highest BCUT2D eigenvalue weighted by Crippen LogP contribution is 2.18. The maximum atomic E-state index is 10.7. The highest BCUT2D eigenvalue weighted by Gasteiger charge is 2.34. The van der Waals surface area contributed by atoms with Crippen molar-refractivity contribution >= 4 is 5.97 Å². The van der Waals surface area contributed by atoms with Crippen molar-refractivity contribution in [3.63, 3.8) is 0 Å². The van der Waals surface area contributed by atoms with Crippen LogP contribution in [-0.4, -0.2) is 57.5 Å². The average molecular weight is 217 g/mol. The van der Waals surface area contributed by atoms with E-state index in [9.17, 15) is 15.0 Å². The van der Waals surface area contributed by atoms with Gasteiger partial charge in [-0.25, -0.2) is 4.79 Å². The lowest BCUT2D eigenvalue weighted by molar-refractivity contribution is -0.159. The molecule has 0 saturated carbocycles. The fourth-order valence-electron chi connectivity index (χ4n) is 1.87. The fraction of sp³-hybridized carbons (Fsp3) is 0.900. The largest absolute Gasteiger partial charge is 0.479 e. The molecular weight excluding hydrogens is 198 g/mol. The van der Waals surface area contributed by atoms with Gasteiger partial charge in [0.15, 0.2) is 5.60 Å². The first-order valence-electron chi connectivity index (χ1n) is 5.19. The van der Waals surface area contributed by atoms with Crippen molar-refractivity contribution < 1.29 is 20.1 Å². The molecule has 5 nitrogen and oxygen atoms in total. The van der Waals surface area contributed by atoms with Gasteiger partial charge in [0.25, 0.3) is 0 Å². The van der Waals surface area contributed by atoms with Gasteiger partial charge in [-0.3, -0.25) is 4.90 Å². The first-order chi connectivity index (χ1) is 6.83. The van der Waals surface area contributed by atoms with Crippen LogP contribution in [0, 0.1) is 5.92 Å². The Morgan fingerprint density at radius 3 is 2.67 bits per heavy atom. The Bertz CT molecular complexity index is 242. The molecule has 0 amide bonds. The summed E-state index contributed by atoms with van der Waals surface area (Å²) < 4.78 is 0. The third-order valence-electron chi connectivity index (χ3n) is 2.94. The molecule has 1 fully saturated rings. The number of aliphatic hydroxyl groups excluding tert-OH is 1. The molecule has 15 heavy (non-hydrogen) atoms. The van der Waals surface area contributed by atoms with Crippen molar-refractivity contribution in [3.05, 3.63) is 0 Å². The minimum atomic E-state index is -1.71. The number of rotatable bonds is 3. The van der Waals surface area contributed by atoms with Gasteiger partial charge in [0, 0.05) is 19.6 Å². The van der Waals surface area contributed by atoms with Crippen molar-refractivity contribution in [1.82, 2.24) is 4.90 Å².